The van der Waals surface area contributed by atoms with Crippen LogP contribution in [-0.2, 0) is 33.3 Å². The minimum absolute atomic E-state index is 0.148. The lowest BCUT2D eigenvalue weighted by Gasteiger charge is -2.26. The maximum Gasteiger partial charge on any atom is 0.306 e. The second-order valence-corrected chi connectivity index (χ2v) is 17.4. The molecule has 0 fully saturated rings. The van der Waals surface area contributed by atoms with Gasteiger partial charge in [-0.1, -0.05) is 184 Å². The lowest BCUT2D eigenvalue weighted by molar-refractivity contribution is -0.870. The van der Waals surface area contributed by atoms with Crippen molar-refractivity contribution in [1.82, 2.24) is 0 Å². The Kier molecular flexibility index (Phi) is 41.0. The van der Waals surface area contributed by atoms with Crippen LogP contribution in [-0.4, -0.2) is 82.3 Å². The van der Waals surface area contributed by atoms with E-state index in [0.29, 0.717) is 23.9 Å². The third-order valence-electron chi connectivity index (χ3n) is 10.3. The van der Waals surface area contributed by atoms with E-state index in [9.17, 15) is 19.5 Å². The fourth-order valence-corrected chi connectivity index (χ4v) is 6.59. The van der Waals surface area contributed by atoms with Gasteiger partial charge < -0.3 is 33.3 Å². The van der Waals surface area contributed by atoms with Crippen LogP contribution in [0.15, 0.2) is 48.6 Å². The molecule has 0 spiro atoms. The van der Waals surface area contributed by atoms with E-state index in [4.69, 9.17) is 18.9 Å². The van der Waals surface area contributed by atoms with E-state index in [1.807, 2.05) is 21.1 Å². The second-order valence-electron chi connectivity index (χ2n) is 17.4. The lowest BCUT2D eigenvalue weighted by atomic mass is 10.0. The summed E-state index contributed by atoms with van der Waals surface area (Å²) in [4.78, 5) is 36.7. The number of carbonyl (C=O) groups is 3. The highest BCUT2D eigenvalue weighted by molar-refractivity contribution is 5.70. The molecule has 0 aliphatic carbocycles. The van der Waals surface area contributed by atoms with Crippen LogP contribution >= 0.6 is 0 Å². The van der Waals surface area contributed by atoms with E-state index in [0.717, 1.165) is 64.2 Å². The summed E-state index contributed by atoms with van der Waals surface area (Å²) in [5.41, 5.74) is 0. The van der Waals surface area contributed by atoms with Gasteiger partial charge >= 0.3 is 11.9 Å². The highest BCUT2D eigenvalue weighted by Crippen LogP contribution is 2.15. The number of carboxylic acids is 1. The van der Waals surface area contributed by atoms with Gasteiger partial charge in [-0.3, -0.25) is 9.59 Å². The molecule has 9 heteroatoms. The number of ether oxygens (including phenoxy) is 4. The average molecular weight is 846 g/mol. The largest absolute Gasteiger partial charge is 0.545 e. The van der Waals surface area contributed by atoms with Crippen molar-refractivity contribution in [3.63, 3.8) is 0 Å². The summed E-state index contributed by atoms with van der Waals surface area (Å²) >= 11 is 0. The molecule has 0 rings (SSSR count). The molecule has 0 aromatic heterocycles. The molecule has 0 heterocycles. The van der Waals surface area contributed by atoms with Crippen molar-refractivity contribution in [3.05, 3.63) is 48.6 Å². The van der Waals surface area contributed by atoms with E-state index in [2.05, 4.69) is 62.5 Å². The Morgan fingerprint density at radius 1 is 0.517 bits per heavy atom. The zero-order chi connectivity index (χ0) is 44.2. The van der Waals surface area contributed by atoms with E-state index in [1.165, 1.54) is 103 Å². The highest BCUT2D eigenvalue weighted by Gasteiger charge is 2.21. The number of allylic oxidation sites excluding steroid dienone is 8. The van der Waals surface area contributed by atoms with Crippen molar-refractivity contribution in [2.45, 2.75) is 212 Å². The maximum absolute atomic E-state index is 12.7. The van der Waals surface area contributed by atoms with Gasteiger partial charge in [0.25, 0.3) is 0 Å². The normalized spacial score (nSPS) is 13.3. The molecule has 2 unspecified atom stereocenters. The van der Waals surface area contributed by atoms with Crippen molar-refractivity contribution in [1.29, 1.82) is 0 Å². The predicted octanol–water partition coefficient (Wildman–Crippen LogP) is 11.8. The summed E-state index contributed by atoms with van der Waals surface area (Å²) in [6, 6.07) is 0. The summed E-state index contributed by atoms with van der Waals surface area (Å²) in [5, 5.41) is 11.7. The first-order valence-corrected chi connectivity index (χ1v) is 24.3. The summed E-state index contributed by atoms with van der Waals surface area (Å²) in [6.07, 6.45) is 47.7. The quantitative estimate of drug-likeness (QED) is 0.0196. The molecule has 2 atom stereocenters. The summed E-state index contributed by atoms with van der Waals surface area (Å²) in [6.45, 7) is 4.56. The Hall–Kier alpha value is -2.75. The molecule has 0 saturated carbocycles. The first-order chi connectivity index (χ1) is 29.1. The highest BCUT2D eigenvalue weighted by atomic mass is 16.7. The number of hydrogen-bond donors (Lipinski definition) is 0. The van der Waals surface area contributed by atoms with Crippen molar-refractivity contribution in [2.24, 2.45) is 0 Å². The zero-order valence-electron chi connectivity index (χ0n) is 39.3. The van der Waals surface area contributed by atoms with Gasteiger partial charge in [0.05, 0.1) is 40.3 Å². The Morgan fingerprint density at radius 3 is 1.42 bits per heavy atom. The molecule has 0 aromatic carbocycles. The van der Waals surface area contributed by atoms with Crippen LogP contribution in [0.3, 0.4) is 0 Å². The van der Waals surface area contributed by atoms with Crippen LogP contribution in [0.1, 0.15) is 200 Å². The number of quaternary nitrogens is 1. The number of nitrogens with zero attached hydrogens (tertiary/aromatic N) is 1. The summed E-state index contributed by atoms with van der Waals surface area (Å²) < 4.78 is 22.4. The molecule has 0 amide bonds. The van der Waals surface area contributed by atoms with Crippen LogP contribution in [0.2, 0.25) is 0 Å². The minimum Gasteiger partial charge on any atom is -0.545 e. The summed E-state index contributed by atoms with van der Waals surface area (Å²) in [7, 11) is 5.90. The number of carbonyl (C=O) groups excluding carboxylic acids is 3. The zero-order valence-corrected chi connectivity index (χ0v) is 39.3. The SMILES string of the molecule is CC/C=C\C/C=C\C/C=C\C/C=C\CCCCCCCCCCCCCCCCCCC(=O)OC(COC(=O)CCCCCCCC)COC(OCC[N+](C)(C)C)C(=O)[O-]. The number of aliphatic carboxylic acids is 1. The molecule has 0 aromatic rings. The standard InChI is InChI=1S/C51H91NO8/c1-6-8-10-12-14-15-16-17-18-19-20-21-22-23-24-25-26-27-28-29-30-31-32-33-34-35-36-38-40-42-49(54)60-47(45-58-48(53)41-39-37-13-11-9-7-2)46-59-51(50(55)56)57-44-43-52(3,4)5/h8,10,14-15,17-18,20-21,47,51H,6-7,9,11-13,16,19,22-46H2,1-5H3/b10-8-,15-14-,18-17-,21-20-. The van der Waals surface area contributed by atoms with Crippen LogP contribution in [0.5, 0.6) is 0 Å². The molecule has 0 aliphatic heterocycles. The van der Waals surface area contributed by atoms with E-state index in [-0.39, 0.29) is 32.2 Å². The maximum atomic E-state index is 12.7. The Morgan fingerprint density at radius 2 is 0.950 bits per heavy atom. The minimum atomic E-state index is -1.62. The molecular formula is C51H91NO8. The average Bonchev–Trinajstić information content (AvgIpc) is 3.21. The van der Waals surface area contributed by atoms with Gasteiger partial charge in [0.2, 0.25) is 0 Å². The Labute approximate surface area is 368 Å². The third-order valence-corrected chi connectivity index (χ3v) is 10.3. The van der Waals surface area contributed by atoms with Crippen LogP contribution in [0, 0.1) is 0 Å². The van der Waals surface area contributed by atoms with Crippen LogP contribution in [0.25, 0.3) is 0 Å². The number of unbranched alkanes of at least 4 members (excludes halogenated alkanes) is 21. The van der Waals surface area contributed by atoms with Gasteiger partial charge in [-0.05, 0) is 51.4 Å². The molecule has 0 radical (unpaired) electrons. The number of esters is 2. The van der Waals surface area contributed by atoms with Gasteiger partial charge in [0.1, 0.15) is 13.2 Å². The number of carboxylic acid groups (broad SMARTS) is 1. The van der Waals surface area contributed by atoms with Gasteiger partial charge in [0.15, 0.2) is 12.4 Å². The van der Waals surface area contributed by atoms with Gasteiger partial charge in [-0.15, -0.1) is 0 Å². The Balaban J connectivity index is 4.05. The van der Waals surface area contributed by atoms with E-state index in [1.54, 1.807) is 0 Å². The van der Waals surface area contributed by atoms with Crippen molar-refractivity contribution in [2.75, 3.05) is 47.5 Å². The predicted molar refractivity (Wildman–Crippen MR) is 246 cm³/mol. The number of hydrogen-bond acceptors (Lipinski definition) is 8. The number of rotatable bonds is 44. The van der Waals surface area contributed by atoms with Crippen molar-refractivity contribution < 1.29 is 42.9 Å². The van der Waals surface area contributed by atoms with Crippen molar-refractivity contribution >= 4 is 17.9 Å². The molecule has 348 valence electrons. The fraction of sp³-hybridized carbons (Fsp3) is 0.784. The van der Waals surface area contributed by atoms with Crippen molar-refractivity contribution in [3.8, 4) is 0 Å². The monoisotopic (exact) mass is 846 g/mol. The Bertz CT molecular complexity index is 1120. The summed E-state index contributed by atoms with van der Waals surface area (Å²) in [5.74, 6) is -2.29. The molecule has 60 heavy (non-hydrogen) atoms. The molecule has 0 N–H and O–H groups in total. The van der Waals surface area contributed by atoms with Gasteiger partial charge in [-0.2, -0.15) is 0 Å². The molecule has 0 aliphatic rings. The topological polar surface area (TPSA) is 111 Å². The van der Waals surface area contributed by atoms with Gasteiger partial charge in [0, 0.05) is 12.8 Å². The molecular weight excluding hydrogens is 755 g/mol. The molecule has 9 nitrogen and oxygen atoms in total. The third kappa shape index (κ3) is 43.3. The fourth-order valence-electron chi connectivity index (χ4n) is 6.59. The molecule has 0 saturated heterocycles. The smallest absolute Gasteiger partial charge is 0.306 e. The van der Waals surface area contributed by atoms with Crippen LogP contribution < -0.4 is 5.11 Å². The lowest BCUT2D eigenvalue weighted by Crippen LogP contribution is -2.44. The van der Waals surface area contributed by atoms with Crippen LogP contribution in [0.4, 0.5) is 0 Å². The van der Waals surface area contributed by atoms with E-state index >= 15 is 0 Å². The first kappa shape index (κ1) is 57.2. The molecule has 0 bridgehead atoms. The second kappa shape index (κ2) is 42.9. The number of likely N-dealkylation sites (N-methyl/N-ethyl adjacent to an activating group) is 1. The van der Waals surface area contributed by atoms with E-state index < -0.39 is 24.3 Å². The van der Waals surface area contributed by atoms with Gasteiger partial charge in [-0.25, -0.2) is 0 Å². The first-order valence-electron chi connectivity index (χ1n) is 24.3.